The third kappa shape index (κ3) is 3.60. The molecule has 0 bridgehead atoms. The molecule has 0 aromatic heterocycles. The van der Waals surface area contributed by atoms with Crippen molar-refractivity contribution in [2.75, 3.05) is 30.9 Å². The van der Waals surface area contributed by atoms with Crippen LogP contribution in [-0.4, -0.2) is 31.2 Å². The van der Waals surface area contributed by atoms with Crippen molar-refractivity contribution in [2.45, 2.75) is 32.7 Å². The zero-order chi connectivity index (χ0) is 15.1. The first-order valence-electron chi connectivity index (χ1n) is 6.85. The summed E-state index contributed by atoms with van der Waals surface area (Å²) in [4.78, 5) is 12.9. The van der Waals surface area contributed by atoms with Gasteiger partial charge in [0.1, 0.15) is 11.4 Å². The second-order valence-corrected chi connectivity index (χ2v) is 4.63. The molecule has 0 fully saturated rings. The van der Waals surface area contributed by atoms with Gasteiger partial charge in [0.25, 0.3) is 0 Å². The molecule has 1 aromatic carbocycles. The molecule has 0 saturated heterocycles. The number of nitrogens with two attached hydrogens (primary N) is 1. The summed E-state index contributed by atoms with van der Waals surface area (Å²) < 4.78 is 5.12. The maximum absolute atomic E-state index is 11.3. The number of nitrogen functional groups attached to an aromatic ring is 1. The average Bonchev–Trinajstić information content (AvgIpc) is 2.42. The smallest absolute Gasteiger partial charge is 0.315 e. The molecule has 0 aliphatic carbocycles. The highest BCUT2D eigenvalue weighted by atomic mass is 16.6. The molecule has 0 amide bonds. The van der Waals surface area contributed by atoms with Crippen LogP contribution in [0, 0.1) is 10.1 Å². The van der Waals surface area contributed by atoms with E-state index in [0.29, 0.717) is 18.8 Å². The highest BCUT2D eigenvalue weighted by molar-refractivity contribution is 5.75. The zero-order valence-corrected chi connectivity index (χ0v) is 12.3. The molecule has 0 heterocycles. The van der Waals surface area contributed by atoms with Crippen LogP contribution in [0.1, 0.15) is 26.7 Å². The Balaban J connectivity index is 3.25. The quantitative estimate of drug-likeness (QED) is 0.450. The monoisotopic (exact) mass is 281 g/mol. The van der Waals surface area contributed by atoms with Crippen molar-refractivity contribution < 1.29 is 9.66 Å². The topological polar surface area (TPSA) is 81.6 Å². The van der Waals surface area contributed by atoms with Gasteiger partial charge in [0, 0.05) is 19.7 Å². The van der Waals surface area contributed by atoms with Crippen LogP contribution >= 0.6 is 0 Å². The molecular weight excluding hydrogens is 258 g/mol. The predicted octanol–water partition coefficient (Wildman–Crippen LogP) is 2.82. The number of nitrogens with zero attached hydrogens (tertiary/aromatic N) is 2. The fourth-order valence-corrected chi connectivity index (χ4v) is 2.40. The maximum Gasteiger partial charge on any atom is 0.315 e. The van der Waals surface area contributed by atoms with E-state index in [2.05, 4.69) is 13.8 Å². The minimum atomic E-state index is -0.410. The summed E-state index contributed by atoms with van der Waals surface area (Å²) >= 11 is 0. The van der Waals surface area contributed by atoms with E-state index >= 15 is 0 Å². The summed E-state index contributed by atoms with van der Waals surface area (Å²) in [6.45, 7) is 5.27. The van der Waals surface area contributed by atoms with E-state index in [1.54, 1.807) is 25.3 Å². The number of anilines is 2. The Morgan fingerprint density at radius 3 is 2.55 bits per heavy atom. The first-order valence-corrected chi connectivity index (χ1v) is 6.85. The van der Waals surface area contributed by atoms with E-state index in [1.165, 1.54) is 0 Å². The molecule has 6 heteroatoms. The fourth-order valence-electron chi connectivity index (χ4n) is 2.40. The number of methoxy groups -OCH3 is 1. The number of ether oxygens (including phenoxy) is 1. The molecule has 0 unspecified atom stereocenters. The highest BCUT2D eigenvalue weighted by Crippen LogP contribution is 2.35. The lowest BCUT2D eigenvalue weighted by Gasteiger charge is -2.32. The summed E-state index contributed by atoms with van der Waals surface area (Å²) in [7, 11) is 1.62. The van der Waals surface area contributed by atoms with Gasteiger partial charge < -0.3 is 15.4 Å². The standard InChI is InChI=1S/C14H23N3O3/c1-4-11(5-2)16(9-10-20-3)13-8-6-7-12(15)14(13)17(18)19/h6-8,11H,4-5,9-10,15H2,1-3H3. The van der Waals surface area contributed by atoms with Gasteiger partial charge in [-0.05, 0) is 25.0 Å². The third-order valence-electron chi connectivity index (χ3n) is 3.46. The number of rotatable bonds is 8. The van der Waals surface area contributed by atoms with Gasteiger partial charge in [0.05, 0.1) is 11.5 Å². The number of hydrogen-bond acceptors (Lipinski definition) is 5. The van der Waals surface area contributed by atoms with Crippen molar-refractivity contribution in [1.29, 1.82) is 0 Å². The minimum Gasteiger partial charge on any atom is -0.393 e. The second-order valence-electron chi connectivity index (χ2n) is 4.63. The zero-order valence-electron chi connectivity index (χ0n) is 12.3. The molecule has 0 radical (unpaired) electrons. The minimum absolute atomic E-state index is 0.0181. The van der Waals surface area contributed by atoms with Gasteiger partial charge in [-0.15, -0.1) is 0 Å². The molecule has 0 atom stereocenters. The SMILES string of the molecule is CCC(CC)N(CCOC)c1cccc(N)c1[N+](=O)[O-]. The van der Waals surface area contributed by atoms with Crippen molar-refractivity contribution in [1.82, 2.24) is 0 Å². The Kier molecular flexibility index (Phi) is 6.24. The van der Waals surface area contributed by atoms with E-state index < -0.39 is 4.92 Å². The Hall–Kier alpha value is -1.82. The molecule has 0 aliphatic rings. The summed E-state index contributed by atoms with van der Waals surface area (Å²) in [5.41, 5.74) is 6.52. The Morgan fingerprint density at radius 2 is 2.05 bits per heavy atom. The lowest BCUT2D eigenvalue weighted by Crippen LogP contribution is -2.37. The van der Waals surface area contributed by atoms with Crippen LogP contribution in [0.4, 0.5) is 17.1 Å². The third-order valence-corrected chi connectivity index (χ3v) is 3.46. The van der Waals surface area contributed by atoms with Crippen molar-refractivity contribution in [3.8, 4) is 0 Å². The van der Waals surface area contributed by atoms with Gasteiger partial charge in [-0.2, -0.15) is 0 Å². The van der Waals surface area contributed by atoms with Gasteiger partial charge in [0.2, 0.25) is 0 Å². The molecule has 2 N–H and O–H groups in total. The lowest BCUT2D eigenvalue weighted by molar-refractivity contribution is -0.383. The molecule has 6 nitrogen and oxygen atoms in total. The fraction of sp³-hybridized carbons (Fsp3) is 0.571. The predicted molar refractivity (Wildman–Crippen MR) is 81.1 cm³/mol. The van der Waals surface area contributed by atoms with Crippen molar-refractivity contribution >= 4 is 17.1 Å². The van der Waals surface area contributed by atoms with Crippen LogP contribution in [0.25, 0.3) is 0 Å². The molecule has 112 valence electrons. The number of hydrogen-bond donors (Lipinski definition) is 1. The average molecular weight is 281 g/mol. The van der Waals surface area contributed by atoms with E-state index in [1.807, 2.05) is 4.90 Å². The second kappa shape index (κ2) is 7.69. The van der Waals surface area contributed by atoms with E-state index in [9.17, 15) is 10.1 Å². The first-order chi connectivity index (χ1) is 9.56. The van der Waals surface area contributed by atoms with Crippen molar-refractivity contribution in [3.05, 3.63) is 28.3 Å². The molecule has 0 aliphatic heterocycles. The largest absolute Gasteiger partial charge is 0.393 e. The summed E-state index contributed by atoms with van der Waals surface area (Å²) in [5, 5.41) is 11.3. The van der Waals surface area contributed by atoms with Crippen molar-refractivity contribution in [2.24, 2.45) is 0 Å². The Labute approximate surface area is 119 Å². The van der Waals surface area contributed by atoms with Gasteiger partial charge >= 0.3 is 5.69 Å². The molecule has 1 rings (SSSR count). The molecule has 20 heavy (non-hydrogen) atoms. The molecule has 0 saturated carbocycles. The summed E-state index contributed by atoms with van der Waals surface area (Å²) in [6.07, 6.45) is 1.82. The van der Waals surface area contributed by atoms with E-state index in [0.717, 1.165) is 12.8 Å². The van der Waals surface area contributed by atoms with Crippen LogP contribution in [0.15, 0.2) is 18.2 Å². The number of nitro benzene ring substituents is 1. The number of benzene rings is 1. The molecular formula is C14H23N3O3. The Morgan fingerprint density at radius 1 is 1.40 bits per heavy atom. The highest BCUT2D eigenvalue weighted by Gasteiger charge is 2.25. The van der Waals surface area contributed by atoms with Gasteiger partial charge in [-0.3, -0.25) is 10.1 Å². The lowest BCUT2D eigenvalue weighted by atomic mass is 10.1. The van der Waals surface area contributed by atoms with Crippen LogP contribution in [0.2, 0.25) is 0 Å². The maximum atomic E-state index is 11.3. The normalized spacial score (nSPS) is 10.8. The summed E-state index contributed by atoms with van der Waals surface area (Å²) in [5.74, 6) is 0. The number of para-hydroxylation sites is 1. The van der Waals surface area contributed by atoms with Crippen LogP contribution in [0.5, 0.6) is 0 Å². The number of nitro groups is 1. The van der Waals surface area contributed by atoms with Gasteiger partial charge in [-0.25, -0.2) is 0 Å². The van der Waals surface area contributed by atoms with Gasteiger partial charge in [-0.1, -0.05) is 19.9 Å². The molecule has 0 spiro atoms. The molecule has 1 aromatic rings. The van der Waals surface area contributed by atoms with Gasteiger partial charge in [0.15, 0.2) is 0 Å². The van der Waals surface area contributed by atoms with E-state index in [-0.39, 0.29) is 17.4 Å². The van der Waals surface area contributed by atoms with Crippen LogP contribution < -0.4 is 10.6 Å². The summed E-state index contributed by atoms with van der Waals surface area (Å²) in [6, 6.07) is 5.29. The van der Waals surface area contributed by atoms with E-state index in [4.69, 9.17) is 10.5 Å². The van der Waals surface area contributed by atoms with Crippen LogP contribution in [-0.2, 0) is 4.74 Å². The Bertz CT molecular complexity index is 447. The van der Waals surface area contributed by atoms with Crippen LogP contribution in [0.3, 0.4) is 0 Å². The first kappa shape index (κ1) is 16.2. The van der Waals surface area contributed by atoms with Crippen molar-refractivity contribution in [3.63, 3.8) is 0 Å².